The van der Waals surface area contributed by atoms with Crippen molar-refractivity contribution >= 4 is 11.7 Å². The number of anilines is 1. The molecule has 1 aromatic heterocycles. The number of para-hydroxylation sites is 1. The Morgan fingerprint density at radius 3 is 2.78 bits per heavy atom. The summed E-state index contributed by atoms with van der Waals surface area (Å²) in [7, 11) is 0. The summed E-state index contributed by atoms with van der Waals surface area (Å²) in [4.78, 5) is 14.1. The molecule has 23 heavy (non-hydrogen) atoms. The summed E-state index contributed by atoms with van der Waals surface area (Å²) in [5.41, 5.74) is 2.43. The van der Waals surface area contributed by atoms with Crippen LogP contribution in [0, 0.1) is 12.8 Å². The SMILES string of the molecule is Cc1nn(-c2ccccc2)cc1NC(=O)N1CC[C@@H]([C@H](C)O)C1. The topological polar surface area (TPSA) is 70.4 Å². The minimum absolute atomic E-state index is 0.135. The van der Waals surface area contributed by atoms with Gasteiger partial charge in [-0.1, -0.05) is 18.2 Å². The number of aryl methyl sites for hydroxylation is 1. The number of hydrogen-bond acceptors (Lipinski definition) is 3. The second-order valence-corrected chi connectivity index (χ2v) is 6.07. The van der Waals surface area contributed by atoms with Gasteiger partial charge in [-0.2, -0.15) is 5.10 Å². The molecule has 2 atom stereocenters. The molecular formula is C17H22N4O2. The van der Waals surface area contributed by atoms with E-state index in [2.05, 4.69) is 10.4 Å². The standard InChI is InChI=1S/C17H22N4O2/c1-12-16(11-21(19-12)15-6-4-3-5-7-15)18-17(23)20-9-8-14(10-20)13(2)22/h3-7,11,13-14,22H,8-10H2,1-2H3,(H,18,23)/t13-,14+/m0/s1. The van der Waals surface area contributed by atoms with Crippen LogP contribution < -0.4 is 5.32 Å². The molecule has 2 heterocycles. The van der Waals surface area contributed by atoms with Gasteiger partial charge in [0.2, 0.25) is 0 Å². The van der Waals surface area contributed by atoms with Crippen molar-refractivity contribution in [2.24, 2.45) is 5.92 Å². The van der Waals surface area contributed by atoms with E-state index < -0.39 is 0 Å². The number of rotatable bonds is 3. The number of aliphatic hydroxyl groups excluding tert-OH is 1. The molecule has 3 rings (SSSR count). The number of nitrogens with one attached hydrogen (secondary N) is 1. The highest BCUT2D eigenvalue weighted by Crippen LogP contribution is 2.22. The van der Waals surface area contributed by atoms with Crippen LogP contribution >= 0.6 is 0 Å². The Hall–Kier alpha value is -2.34. The highest BCUT2D eigenvalue weighted by Gasteiger charge is 2.29. The van der Waals surface area contributed by atoms with E-state index in [1.165, 1.54) is 0 Å². The second kappa shape index (κ2) is 6.42. The average molecular weight is 314 g/mol. The van der Waals surface area contributed by atoms with Gasteiger partial charge in [0.1, 0.15) is 0 Å². The van der Waals surface area contributed by atoms with Crippen molar-refractivity contribution < 1.29 is 9.90 Å². The van der Waals surface area contributed by atoms with Crippen molar-refractivity contribution in [1.82, 2.24) is 14.7 Å². The lowest BCUT2D eigenvalue weighted by Gasteiger charge is -2.18. The number of benzene rings is 1. The molecule has 1 fully saturated rings. The fraction of sp³-hybridized carbons (Fsp3) is 0.412. The van der Waals surface area contributed by atoms with E-state index in [0.29, 0.717) is 18.8 Å². The lowest BCUT2D eigenvalue weighted by Crippen LogP contribution is -2.34. The van der Waals surface area contributed by atoms with E-state index in [9.17, 15) is 9.90 Å². The number of hydrogen-bond donors (Lipinski definition) is 2. The van der Waals surface area contributed by atoms with Gasteiger partial charge in [-0.25, -0.2) is 9.48 Å². The Labute approximate surface area is 135 Å². The molecule has 1 aliphatic heterocycles. The molecule has 1 aliphatic rings. The maximum atomic E-state index is 12.4. The quantitative estimate of drug-likeness (QED) is 0.914. The Kier molecular flexibility index (Phi) is 4.34. The Morgan fingerprint density at radius 1 is 1.39 bits per heavy atom. The molecule has 6 nitrogen and oxygen atoms in total. The van der Waals surface area contributed by atoms with Gasteiger partial charge in [0.25, 0.3) is 0 Å². The van der Waals surface area contributed by atoms with E-state index in [0.717, 1.165) is 17.8 Å². The number of aliphatic hydroxyl groups is 1. The molecule has 122 valence electrons. The van der Waals surface area contributed by atoms with Crippen LogP contribution in [0.5, 0.6) is 0 Å². The van der Waals surface area contributed by atoms with Gasteiger partial charge in [-0.15, -0.1) is 0 Å². The second-order valence-electron chi connectivity index (χ2n) is 6.07. The van der Waals surface area contributed by atoms with Crippen molar-refractivity contribution in [3.63, 3.8) is 0 Å². The lowest BCUT2D eigenvalue weighted by molar-refractivity contribution is 0.130. The van der Waals surface area contributed by atoms with Crippen LogP contribution in [0.25, 0.3) is 5.69 Å². The molecular weight excluding hydrogens is 292 g/mol. The molecule has 1 saturated heterocycles. The fourth-order valence-electron chi connectivity index (χ4n) is 2.86. The van der Waals surface area contributed by atoms with Gasteiger partial charge in [-0.05, 0) is 32.4 Å². The monoisotopic (exact) mass is 314 g/mol. The third kappa shape index (κ3) is 3.37. The zero-order valence-corrected chi connectivity index (χ0v) is 13.4. The molecule has 0 bridgehead atoms. The van der Waals surface area contributed by atoms with Crippen molar-refractivity contribution in [3.8, 4) is 5.69 Å². The number of likely N-dealkylation sites (tertiary alicyclic amines) is 1. The first kappa shape index (κ1) is 15.6. The maximum absolute atomic E-state index is 12.4. The first-order valence-electron chi connectivity index (χ1n) is 7.90. The average Bonchev–Trinajstić information content (AvgIpc) is 3.16. The summed E-state index contributed by atoms with van der Waals surface area (Å²) in [5.74, 6) is 0.161. The van der Waals surface area contributed by atoms with Crippen LogP contribution in [0.4, 0.5) is 10.5 Å². The smallest absolute Gasteiger partial charge is 0.321 e. The van der Waals surface area contributed by atoms with Crippen molar-refractivity contribution in [1.29, 1.82) is 0 Å². The van der Waals surface area contributed by atoms with Crippen LogP contribution in [0.1, 0.15) is 19.0 Å². The molecule has 6 heteroatoms. The van der Waals surface area contributed by atoms with Crippen LogP contribution in [-0.2, 0) is 0 Å². The van der Waals surface area contributed by atoms with E-state index in [4.69, 9.17) is 0 Å². The molecule has 2 amide bonds. The minimum atomic E-state index is -0.379. The predicted octanol–water partition coefficient (Wildman–Crippen LogP) is 2.42. The van der Waals surface area contributed by atoms with Gasteiger partial charge in [0.05, 0.1) is 29.4 Å². The van der Waals surface area contributed by atoms with Gasteiger partial charge >= 0.3 is 6.03 Å². The van der Waals surface area contributed by atoms with Crippen LogP contribution in [0.2, 0.25) is 0 Å². The summed E-state index contributed by atoms with van der Waals surface area (Å²) in [6, 6.07) is 9.64. The normalized spacial score (nSPS) is 18.9. The highest BCUT2D eigenvalue weighted by atomic mass is 16.3. The van der Waals surface area contributed by atoms with E-state index in [1.54, 1.807) is 16.5 Å². The summed E-state index contributed by atoms with van der Waals surface area (Å²) >= 11 is 0. The fourth-order valence-corrected chi connectivity index (χ4v) is 2.86. The summed E-state index contributed by atoms with van der Waals surface area (Å²) in [6.45, 7) is 4.92. The van der Waals surface area contributed by atoms with E-state index in [-0.39, 0.29) is 18.1 Å². The van der Waals surface area contributed by atoms with Gasteiger partial charge in [-0.3, -0.25) is 0 Å². The van der Waals surface area contributed by atoms with Crippen LogP contribution in [0.3, 0.4) is 0 Å². The molecule has 1 aromatic carbocycles. The number of carbonyl (C=O) groups is 1. The molecule has 0 spiro atoms. The van der Waals surface area contributed by atoms with Gasteiger partial charge < -0.3 is 15.3 Å². The maximum Gasteiger partial charge on any atom is 0.321 e. The number of urea groups is 1. The van der Waals surface area contributed by atoms with Crippen LogP contribution in [0.15, 0.2) is 36.5 Å². The largest absolute Gasteiger partial charge is 0.393 e. The molecule has 2 N–H and O–H groups in total. The third-order valence-electron chi connectivity index (χ3n) is 4.36. The first-order valence-corrected chi connectivity index (χ1v) is 7.90. The molecule has 0 radical (unpaired) electrons. The zero-order valence-electron chi connectivity index (χ0n) is 13.4. The molecule has 0 saturated carbocycles. The minimum Gasteiger partial charge on any atom is -0.393 e. The number of carbonyl (C=O) groups excluding carboxylic acids is 1. The van der Waals surface area contributed by atoms with Crippen molar-refractivity contribution in [2.75, 3.05) is 18.4 Å². The van der Waals surface area contributed by atoms with E-state index >= 15 is 0 Å². The lowest BCUT2D eigenvalue weighted by atomic mass is 10.0. The summed E-state index contributed by atoms with van der Waals surface area (Å²) in [5, 5.41) is 17.0. The van der Waals surface area contributed by atoms with Gasteiger partial charge in [0.15, 0.2) is 0 Å². The molecule has 0 aliphatic carbocycles. The Bertz CT molecular complexity index is 681. The van der Waals surface area contributed by atoms with Crippen molar-refractivity contribution in [3.05, 3.63) is 42.2 Å². The predicted molar refractivity (Wildman–Crippen MR) is 88.7 cm³/mol. The molecule has 2 aromatic rings. The number of aromatic nitrogens is 2. The number of amides is 2. The van der Waals surface area contributed by atoms with Gasteiger partial charge in [0, 0.05) is 19.0 Å². The Morgan fingerprint density at radius 2 is 2.13 bits per heavy atom. The Balaban J connectivity index is 1.69. The molecule has 0 unspecified atom stereocenters. The summed E-state index contributed by atoms with van der Waals surface area (Å²) < 4.78 is 1.76. The number of nitrogens with zero attached hydrogens (tertiary/aromatic N) is 3. The van der Waals surface area contributed by atoms with E-state index in [1.807, 2.05) is 43.5 Å². The highest BCUT2D eigenvalue weighted by molar-refractivity contribution is 5.90. The zero-order chi connectivity index (χ0) is 16.4. The third-order valence-corrected chi connectivity index (χ3v) is 4.36. The summed E-state index contributed by atoms with van der Waals surface area (Å²) in [6.07, 6.45) is 2.29. The van der Waals surface area contributed by atoms with Crippen LogP contribution in [-0.4, -0.2) is 45.0 Å². The first-order chi connectivity index (χ1) is 11.0. The van der Waals surface area contributed by atoms with Crippen molar-refractivity contribution in [2.45, 2.75) is 26.4 Å².